The van der Waals surface area contributed by atoms with Crippen molar-refractivity contribution >= 4 is 5.69 Å². The van der Waals surface area contributed by atoms with E-state index < -0.39 is 0 Å². The lowest BCUT2D eigenvalue weighted by Gasteiger charge is -2.20. The van der Waals surface area contributed by atoms with Crippen molar-refractivity contribution in [1.29, 1.82) is 0 Å². The van der Waals surface area contributed by atoms with Gasteiger partial charge in [0.05, 0.1) is 12.3 Å². The molecule has 76 valence electrons. The predicted octanol–water partition coefficient (Wildman–Crippen LogP) is 2.86. The SMILES string of the molecule is C=CC(C)(C)COc1ccccc1N. The number of benzene rings is 1. The molecule has 0 fully saturated rings. The number of rotatable bonds is 4. The molecule has 2 heteroatoms. The summed E-state index contributed by atoms with van der Waals surface area (Å²) in [6, 6.07) is 7.50. The van der Waals surface area contributed by atoms with Crippen LogP contribution in [0.2, 0.25) is 0 Å². The standard InChI is InChI=1S/C12H17NO/c1-4-12(2,3)9-14-11-8-6-5-7-10(11)13/h4-8H,1,9,13H2,2-3H3. The summed E-state index contributed by atoms with van der Waals surface area (Å²) >= 11 is 0. The summed E-state index contributed by atoms with van der Waals surface area (Å²) in [7, 11) is 0. The zero-order valence-corrected chi connectivity index (χ0v) is 8.79. The van der Waals surface area contributed by atoms with Crippen LogP contribution in [-0.2, 0) is 0 Å². The minimum atomic E-state index is -0.0255. The van der Waals surface area contributed by atoms with Crippen molar-refractivity contribution in [2.24, 2.45) is 5.41 Å². The Balaban J connectivity index is 2.62. The van der Waals surface area contributed by atoms with E-state index >= 15 is 0 Å². The number of ether oxygens (including phenoxy) is 1. The van der Waals surface area contributed by atoms with Crippen LogP contribution in [0.5, 0.6) is 5.75 Å². The lowest BCUT2D eigenvalue weighted by Crippen LogP contribution is -2.18. The number of nitrogen functional groups attached to an aromatic ring is 1. The van der Waals surface area contributed by atoms with E-state index in [9.17, 15) is 0 Å². The van der Waals surface area contributed by atoms with Gasteiger partial charge < -0.3 is 10.5 Å². The molecule has 0 saturated carbocycles. The van der Waals surface area contributed by atoms with Gasteiger partial charge in [0, 0.05) is 5.41 Å². The zero-order valence-electron chi connectivity index (χ0n) is 8.79. The van der Waals surface area contributed by atoms with E-state index in [0.29, 0.717) is 12.3 Å². The molecule has 0 saturated heterocycles. The van der Waals surface area contributed by atoms with Gasteiger partial charge in [0.2, 0.25) is 0 Å². The first kappa shape index (κ1) is 10.6. The van der Waals surface area contributed by atoms with E-state index in [1.807, 2.05) is 30.3 Å². The second kappa shape index (κ2) is 4.18. The molecule has 2 N–H and O–H groups in total. The summed E-state index contributed by atoms with van der Waals surface area (Å²) in [6.07, 6.45) is 1.88. The van der Waals surface area contributed by atoms with Crippen LogP contribution in [0.4, 0.5) is 5.69 Å². The number of nitrogens with two attached hydrogens (primary N) is 1. The maximum Gasteiger partial charge on any atom is 0.142 e. The second-order valence-electron chi connectivity index (χ2n) is 4.02. The summed E-state index contributed by atoms with van der Waals surface area (Å²) in [4.78, 5) is 0. The number of hydrogen-bond acceptors (Lipinski definition) is 2. The van der Waals surface area contributed by atoms with Crippen LogP contribution < -0.4 is 10.5 Å². The van der Waals surface area contributed by atoms with Gasteiger partial charge in [-0.25, -0.2) is 0 Å². The Hall–Kier alpha value is -1.44. The van der Waals surface area contributed by atoms with Crippen LogP contribution >= 0.6 is 0 Å². The highest BCUT2D eigenvalue weighted by Crippen LogP contribution is 2.23. The van der Waals surface area contributed by atoms with Gasteiger partial charge in [-0.1, -0.05) is 32.1 Å². The highest BCUT2D eigenvalue weighted by Gasteiger charge is 2.14. The lowest BCUT2D eigenvalue weighted by molar-refractivity contribution is 0.223. The third-order valence-corrected chi connectivity index (χ3v) is 2.07. The Morgan fingerprint density at radius 1 is 1.43 bits per heavy atom. The Morgan fingerprint density at radius 3 is 2.64 bits per heavy atom. The van der Waals surface area contributed by atoms with Crippen LogP contribution in [-0.4, -0.2) is 6.61 Å². The summed E-state index contributed by atoms with van der Waals surface area (Å²) in [5.41, 5.74) is 6.39. The van der Waals surface area contributed by atoms with E-state index in [4.69, 9.17) is 10.5 Å². The van der Waals surface area contributed by atoms with Gasteiger partial charge in [-0.2, -0.15) is 0 Å². The molecule has 0 heterocycles. The van der Waals surface area contributed by atoms with E-state index in [1.165, 1.54) is 0 Å². The van der Waals surface area contributed by atoms with Crippen molar-refractivity contribution in [3.05, 3.63) is 36.9 Å². The fourth-order valence-electron chi connectivity index (χ4n) is 0.935. The Labute approximate surface area is 85.4 Å². The minimum absolute atomic E-state index is 0.0255. The molecule has 14 heavy (non-hydrogen) atoms. The molecular weight excluding hydrogens is 174 g/mol. The maximum atomic E-state index is 5.74. The van der Waals surface area contributed by atoms with Crippen molar-refractivity contribution in [3.8, 4) is 5.75 Å². The van der Waals surface area contributed by atoms with Gasteiger partial charge in [-0.3, -0.25) is 0 Å². The van der Waals surface area contributed by atoms with Crippen molar-refractivity contribution in [2.75, 3.05) is 12.3 Å². The monoisotopic (exact) mass is 191 g/mol. The Morgan fingerprint density at radius 2 is 2.07 bits per heavy atom. The number of para-hydroxylation sites is 2. The topological polar surface area (TPSA) is 35.2 Å². The van der Waals surface area contributed by atoms with Gasteiger partial charge in [-0.05, 0) is 12.1 Å². The summed E-state index contributed by atoms with van der Waals surface area (Å²) in [6.45, 7) is 8.48. The third kappa shape index (κ3) is 2.80. The highest BCUT2D eigenvalue weighted by molar-refractivity contribution is 5.51. The zero-order chi connectivity index (χ0) is 10.6. The van der Waals surface area contributed by atoms with Crippen molar-refractivity contribution in [3.63, 3.8) is 0 Å². The first-order valence-corrected chi connectivity index (χ1v) is 4.66. The first-order chi connectivity index (χ1) is 6.55. The summed E-state index contributed by atoms with van der Waals surface area (Å²) in [5, 5.41) is 0. The summed E-state index contributed by atoms with van der Waals surface area (Å²) < 4.78 is 5.60. The lowest BCUT2D eigenvalue weighted by atomic mass is 9.95. The van der Waals surface area contributed by atoms with E-state index in [-0.39, 0.29) is 5.41 Å². The minimum Gasteiger partial charge on any atom is -0.491 e. The van der Waals surface area contributed by atoms with Crippen LogP contribution in [0.1, 0.15) is 13.8 Å². The molecule has 0 aliphatic heterocycles. The number of hydrogen-bond donors (Lipinski definition) is 1. The molecule has 0 radical (unpaired) electrons. The van der Waals surface area contributed by atoms with E-state index in [1.54, 1.807) is 0 Å². The van der Waals surface area contributed by atoms with E-state index in [0.717, 1.165) is 5.75 Å². The van der Waals surface area contributed by atoms with Gasteiger partial charge >= 0.3 is 0 Å². The van der Waals surface area contributed by atoms with Crippen LogP contribution in [0, 0.1) is 5.41 Å². The third-order valence-electron chi connectivity index (χ3n) is 2.07. The molecule has 0 aromatic heterocycles. The molecule has 0 aliphatic carbocycles. The van der Waals surface area contributed by atoms with Gasteiger partial charge in [-0.15, -0.1) is 6.58 Å². The average Bonchev–Trinajstić information content (AvgIpc) is 2.17. The fourth-order valence-corrected chi connectivity index (χ4v) is 0.935. The molecule has 1 aromatic carbocycles. The van der Waals surface area contributed by atoms with Gasteiger partial charge in [0.25, 0.3) is 0 Å². The fraction of sp³-hybridized carbons (Fsp3) is 0.333. The molecule has 0 aliphatic rings. The van der Waals surface area contributed by atoms with Crippen LogP contribution in [0.15, 0.2) is 36.9 Å². The largest absolute Gasteiger partial charge is 0.491 e. The van der Waals surface area contributed by atoms with E-state index in [2.05, 4.69) is 20.4 Å². The Kier molecular flexibility index (Phi) is 3.18. The average molecular weight is 191 g/mol. The van der Waals surface area contributed by atoms with Gasteiger partial charge in [0.1, 0.15) is 5.75 Å². The summed E-state index contributed by atoms with van der Waals surface area (Å²) in [5.74, 6) is 0.738. The van der Waals surface area contributed by atoms with Crippen molar-refractivity contribution in [1.82, 2.24) is 0 Å². The molecule has 0 atom stereocenters. The number of anilines is 1. The maximum absolute atomic E-state index is 5.74. The molecular formula is C12H17NO. The Bertz CT molecular complexity index is 318. The molecule has 0 bridgehead atoms. The van der Waals surface area contributed by atoms with Crippen molar-refractivity contribution in [2.45, 2.75) is 13.8 Å². The predicted molar refractivity (Wildman–Crippen MR) is 60.3 cm³/mol. The molecule has 0 unspecified atom stereocenters. The normalized spacial score (nSPS) is 11.0. The van der Waals surface area contributed by atoms with Crippen LogP contribution in [0.25, 0.3) is 0 Å². The molecule has 0 amide bonds. The first-order valence-electron chi connectivity index (χ1n) is 4.66. The molecule has 1 aromatic rings. The van der Waals surface area contributed by atoms with Crippen molar-refractivity contribution < 1.29 is 4.74 Å². The van der Waals surface area contributed by atoms with Crippen LogP contribution in [0.3, 0.4) is 0 Å². The molecule has 0 spiro atoms. The highest BCUT2D eigenvalue weighted by atomic mass is 16.5. The quantitative estimate of drug-likeness (QED) is 0.586. The molecule has 1 rings (SSSR count). The second-order valence-corrected chi connectivity index (χ2v) is 4.02. The van der Waals surface area contributed by atoms with Gasteiger partial charge in [0.15, 0.2) is 0 Å². The molecule has 2 nitrogen and oxygen atoms in total. The smallest absolute Gasteiger partial charge is 0.142 e.